The van der Waals surface area contributed by atoms with Crippen LogP contribution in [0.15, 0.2) is 42.7 Å². The van der Waals surface area contributed by atoms with Crippen LogP contribution in [0.2, 0.25) is 0 Å². The molecule has 1 aromatic carbocycles. The van der Waals surface area contributed by atoms with Gasteiger partial charge in [-0.3, -0.25) is 0 Å². The predicted molar refractivity (Wildman–Crippen MR) is 85.0 cm³/mol. The standard InChI is InChI=1S/C17H24N2O2/c1-4-18-14(2)15-9-10-19(13-15)11-12-21-17-7-5-16(20-3)6-8-17/h5-10,13-14,18H,4,11-12H2,1-3H3. The number of ether oxygens (including phenoxy) is 2. The van der Waals surface area contributed by atoms with Crippen LogP contribution in [0.25, 0.3) is 0 Å². The lowest BCUT2D eigenvalue weighted by molar-refractivity contribution is 0.298. The van der Waals surface area contributed by atoms with E-state index in [1.807, 2.05) is 24.3 Å². The summed E-state index contributed by atoms with van der Waals surface area (Å²) in [7, 11) is 1.66. The number of nitrogens with one attached hydrogen (secondary N) is 1. The summed E-state index contributed by atoms with van der Waals surface area (Å²) >= 11 is 0. The Morgan fingerprint density at radius 1 is 1.14 bits per heavy atom. The summed E-state index contributed by atoms with van der Waals surface area (Å²) in [5.74, 6) is 1.71. The van der Waals surface area contributed by atoms with E-state index in [0.29, 0.717) is 12.6 Å². The fourth-order valence-corrected chi connectivity index (χ4v) is 2.22. The number of rotatable bonds is 8. The molecule has 0 aliphatic rings. The van der Waals surface area contributed by atoms with Gasteiger partial charge in [-0.15, -0.1) is 0 Å². The van der Waals surface area contributed by atoms with Crippen LogP contribution in [0, 0.1) is 0 Å². The first-order valence-corrected chi connectivity index (χ1v) is 7.39. The molecule has 0 amide bonds. The molecular formula is C17H24N2O2. The van der Waals surface area contributed by atoms with Gasteiger partial charge in [0.25, 0.3) is 0 Å². The monoisotopic (exact) mass is 288 g/mol. The minimum absolute atomic E-state index is 0.388. The van der Waals surface area contributed by atoms with Crippen molar-refractivity contribution < 1.29 is 9.47 Å². The third kappa shape index (κ3) is 4.53. The third-order valence-corrected chi connectivity index (χ3v) is 3.46. The van der Waals surface area contributed by atoms with Crippen molar-refractivity contribution in [3.8, 4) is 11.5 Å². The Balaban J connectivity index is 1.80. The first kappa shape index (κ1) is 15.4. The Bertz CT molecular complexity index is 534. The maximum Gasteiger partial charge on any atom is 0.119 e. The summed E-state index contributed by atoms with van der Waals surface area (Å²) in [4.78, 5) is 0. The maximum atomic E-state index is 5.73. The second-order valence-corrected chi connectivity index (χ2v) is 4.99. The van der Waals surface area contributed by atoms with E-state index in [1.165, 1.54) is 5.56 Å². The minimum Gasteiger partial charge on any atom is -0.497 e. The number of aromatic nitrogens is 1. The highest BCUT2D eigenvalue weighted by atomic mass is 16.5. The largest absolute Gasteiger partial charge is 0.497 e. The first-order valence-electron chi connectivity index (χ1n) is 7.39. The van der Waals surface area contributed by atoms with Crippen molar-refractivity contribution >= 4 is 0 Å². The van der Waals surface area contributed by atoms with E-state index < -0.39 is 0 Å². The van der Waals surface area contributed by atoms with Crippen LogP contribution in [0.3, 0.4) is 0 Å². The molecule has 4 nitrogen and oxygen atoms in total. The SMILES string of the molecule is CCNC(C)c1ccn(CCOc2ccc(OC)cc2)c1. The molecule has 0 saturated carbocycles. The summed E-state index contributed by atoms with van der Waals surface area (Å²) < 4.78 is 13.0. The second-order valence-electron chi connectivity index (χ2n) is 4.99. The average molecular weight is 288 g/mol. The average Bonchev–Trinajstić information content (AvgIpc) is 2.97. The van der Waals surface area contributed by atoms with Crippen LogP contribution < -0.4 is 14.8 Å². The van der Waals surface area contributed by atoms with Gasteiger partial charge in [-0.2, -0.15) is 0 Å². The van der Waals surface area contributed by atoms with E-state index in [2.05, 4.69) is 42.2 Å². The van der Waals surface area contributed by atoms with Gasteiger partial charge in [0.1, 0.15) is 18.1 Å². The number of benzene rings is 1. The molecular weight excluding hydrogens is 264 g/mol. The predicted octanol–water partition coefficient (Wildman–Crippen LogP) is 3.25. The van der Waals surface area contributed by atoms with E-state index in [1.54, 1.807) is 7.11 Å². The maximum absolute atomic E-state index is 5.73. The summed E-state index contributed by atoms with van der Waals surface area (Å²) in [5, 5.41) is 3.41. The molecule has 4 heteroatoms. The minimum atomic E-state index is 0.388. The molecule has 0 saturated heterocycles. The van der Waals surface area contributed by atoms with E-state index in [0.717, 1.165) is 24.6 Å². The second kappa shape index (κ2) is 7.74. The molecule has 0 fully saturated rings. The van der Waals surface area contributed by atoms with Gasteiger partial charge >= 0.3 is 0 Å². The molecule has 1 unspecified atom stereocenters. The molecule has 1 heterocycles. The van der Waals surface area contributed by atoms with Gasteiger partial charge in [-0.25, -0.2) is 0 Å². The Kier molecular flexibility index (Phi) is 5.69. The molecule has 0 aliphatic carbocycles. The lowest BCUT2D eigenvalue weighted by atomic mass is 10.2. The number of methoxy groups -OCH3 is 1. The van der Waals surface area contributed by atoms with Crippen LogP contribution >= 0.6 is 0 Å². The highest BCUT2D eigenvalue weighted by Crippen LogP contribution is 2.17. The Morgan fingerprint density at radius 3 is 2.52 bits per heavy atom. The molecule has 0 radical (unpaired) electrons. The number of hydrogen-bond acceptors (Lipinski definition) is 3. The normalized spacial score (nSPS) is 12.1. The van der Waals surface area contributed by atoms with Crippen molar-refractivity contribution in [2.45, 2.75) is 26.4 Å². The molecule has 114 valence electrons. The zero-order chi connectivity index (χ0) is 15.1. The lowest BCUT2D eigenvalue weighted by Gasteiger charge is -2.10. The highest BCUT2D eigenvalue weighted by Gasteiger charge is 2.05. The lowest BCUT2D eigenvalue weighted by Crippen LogP contribution is -2.17. The molecule has 21 heavy (non-hydrogen) atoms. The Hall–Kier alpha value is -1.94. The van der Waals surface area contributed by atoms with Crippen molar-refractivity contribution in [1.29, 1.82) is 0 Å². The van der Waals surface area contributed by atoms with Gasteiger partial charge in [0.2, 0.25) is 0 Å². The first-order chi connectivity index (χ1) is 10.2. The zero-order valence-electron chi connectivity index (χ0n) is 13.0. The van der Waals surface area contributed by atoms with E-state index >= 15 is 0 Å². The van der Waals surface area contributed by atoms with Gasteiger partial charge in [0.15, 0.2) is 0 Å². The van der Waals surface area contributed by atoms with Crippen molar-refractivity contribution in [1.82, 2.24) is 9.88 Å². The summed E-state index contributed by atoms with van der Waals surface area (Å²) in [6.07, 6.45) is 4.27. The topological polar surface area (TPSA) is 35.4 Å². The van der Waals surface area contributed by atoms with E-state index in [9.17, 15) is 0 Å². The third-order valence-electron chi connectivity index (χ3n) is 3.46. The van der Waals surface area contributed by atoms with Crippen LogP contribution in [-0.2, 0) is 6.54 Å². The van der Waals surface area contributed by atoms with Gasteiger partial charge in [-0.1, -0.05) is 6.92 Å². The Morgan fingerprint density at radius 2 is 1.86 bits per heavy atom. The van der Waals surface area contributed by atoms with E-state index in [-0.39, 0.29) is 0 Å². The molecule has 1 N–H and O–H groups in total. The molecule has 2 rings (SSSR count). The van der Waals surface area contributed by atoms with E-state index in [4.69, 9.17) is 9.47 Å². The molecule has 0 bridgehead atoms. The quantitative estimate of drug-likeness (QED) is 0.810. The van der Waals surface area contributed by atoms with Crippen LogP contribution in [0.5, 0.6) is 11.5 Å². The summed E-state index contributed by atoms with van der Waals surface area (Å²) in [6.45, 7) is 6.76. The van der Waals surface area contributed by atoms with Gasteiger partial charge in [0.05, 0.1) is 13.7 Å². The summed E-state index contributed by atoms with van der Waals surface area (Å²) in [6, 6.07) is 10.2. The number of nitrogens with zero attached hydrogens (tertiary/aromatic N) is 1. The smallest absolute Gasteiger partial charge is 0.119 e. The molecule has 2 aromatic rings. The molecule has 1 aromatic heterocycles. The van der Waals surface area contributed by atoms with Gasteiger partial charge < -0.3 is 19.4 Å². The summed E-state index contributed by atoms with van der Waals surface area (Å²) in [5.41, 5.74) is 1.31. The van der Waals surface area contributed by atoms with Crippen LogP contribution in [0.1, 0.15) is 25.5 Å². The fourth-order valence-electron chi connectivity index (χ4n) is 2.22. The zero-order valence-corrected chi connectivity index (χ0v) is 13.0. The van der Waals surface area contributed by atoms with Crippen molar-refractivity contribution in [2.75, 3.05) is 20.3 Å². The van der Waals surface area contributed by atoms with Crippen LogP contribution in [0.4, 0.5) is 0 Å². The van der Waals surface area contributed by atoms with Crippen LogP contribution in [-0.4, -0.2) is 24.8 Å². The fraction of sp³-hybridized carbons (Fsp3) is 0.412. The van der Waals surface area contributed by atoms with Gasteiger partial charge in [-0.05, 0) is 49.4 Å². The van der Waals surface area contributed by atoms with Crippen molar-refractivity contribution in [3.05, 3.63) is 48.3 Å². The Labute approximate surface area is 126 Å². The van der Waals surface area contributed by atoms with Crippen molar-refractivity contribution in [3.63, 3.8) is 0 Å². The molecule has 1 atom stereocenters. The molecule has 0 aliphatic heterocycles. The highest BCUT2D eigenvalue weighted by molar-refractivity contribution is 5.31. The molecule has 0 spiro atoms. The number of hydrogen-bond donors (Lipinski definition) is 1. The van der Waals surface area contributed by atoms with Crippen molar-refractivity contribution in [2.24, 2.45) is 0 Å². The van der Waals surface area contributed by atoms with Gasteiger partial charge in [0, 0.05) is 18.4 Å².